The third kappa shape index (κ3) is 3.10. The van der Waals surface area contributed by atoms with Gasteiger partial charge in [-0.25, -0.2) is 0 Å². The van der Waals surface area contributed by atoms with Crippen molar-refractivity contribution in [2.75, 3.05) is 0 Å². The third-order valence-electron chi connectivity index (χ3n) is 1.53. The first-order chi connectivity index (χ1) is 4.74. The topological polar surface area (TPSA) is 47.6 Å². The van der Waals surface area contributed by atoms with Crippen molar-refractivity contribution < 1.29 is 0 Å². The predicted molar refractivity (Wildman–Crippen MR) is 38.8 cm³/mol. The molecule has 0 aliphatic heterocycles. The molecule has 0 fully saturated rings. The average Bonchev–Trinajstić information content (AvgIpc) is 1.99. The molecule has 0 aromatic heterocycles. The maximum atomic E-state index is 8.51. The molecule has 0 bridgehead atoms. The van der Waals surface area contributed by atoms with Crippen molar-refractivity contribution in [2.45, 2.75) is 26.7 Å². The Kier molecular flexibility index (Phi) is 4.33. The van der Waals surface area contributed by atoms with Crippen molar-refractivity contribution in [3.05, 3.63) is 0 Å². The van der Waals surface area contributed by atoms with Gasteiger partial charge >= 0.3 is 0 Å². The molecule has 2 atom stereocenters. The smallest absolute Gasteiger partial charge is 0.0656 e. The Bertz CT molecular complexity index is 161. The highest BCUT2D eigenvalue weighted by Crippen LogP contribution is 2.13. The van der Waals surface area contributed by atoms with Crippen molar-refractivity contribution >= 4 is 0 Å². The summed E-state index contributed by atoms with van der Waals surface area (Å²) in [6.07, 6.45) is 1.56. The van der Waals surface area contributed by atoms with E-state index in [-0.39, 0.29) is 11.8 Å². The molecule has 0 N–H and O–H groups in total. The summed E-state index contributed by atoms with van der Waals surface area (Å²) in [6.45, 7) is 3.82. The molecule has 0 aliphatic rings. The first-order valence-corrected chi connectivity index (χ1v) is 3.53. The summed E-state index contributed by atoms with van der Waals surface area (Å²) >= 11 is 0. The highest BCUT2D eigenvalue weighted by molar-refractivity contribution is 4.88. The highest BCUT2D eigenvalue weighted by atomic mass is 14.3. The Morgan fingerprint density at radius 1 is 1.30 bits per heavy atom. The Morgan fingerprint density at radius 3 is 2.20 bits per heavy atom. The van der Waals surface area contributed by atoms with Crippen LogP contribution in [0.2, 0.25) is 0 Å². The standard InChI is InChI=1S/C8H12N2/c1-3-8(6-10)4-7(2)5-9/h7-8H,3-4H2,1-2H3. The van der Waals surface area contributed by atoms with Gasteiger partial charge in [-0.15, -0.1) is 0 Å². The molecule has 2 unspecified atom stereocenters. The molecular weight excluding hydrogens is 124 g/mol. The number of rotatable bonds is 3. The molecule has 0 aliphatic carbocycles. The maximum absolute atomic E-state index is 8.51. The lowest BCUT2D eigenvalue weighted by Crippen LogP contribution is -2.01. The van der Waals surface area contributed by atoms with Crippen molar-refractivity contribution in [1.82, 2.24) is 0 Å². The monoisotopic (exact) mass is 136 g/mol. The van der Waals surface area contributed by atoms with Crippen molar-refractivity contribution in [3.8, 4) is 12.1 Å². The maximum Gasteiger partial charge on any atom is 0.0656 e. The lowest BCUT2D eigenvalue weighted by molar-refractivity contribution is 0.513. The SMILES string of the molecule is CCC(C#N)CC(C)C#N. The van der Waals surface area contributed by atoms with Gasteiger partial charge in [-0.3, -0.25) is 0 Å². The van der Waals surface area contributed by atoms with E-state index in [1.165, 1.54) is 0 Å². The third-order valence-corrected chi connectivity index (χ3v) is 1.53. The van der Waals surface area contributed by atoms with E-state index in [0.29, 0.717) is 6.42 Å². The summed E-state index contributed by atoms with van der Waals surface area (Å²) in [5.41, 5.74) is 0. The van der Waals surface area contributed by atoms with Gasteiger partial charge in [0.15, 0.2) is 0 Å². The molecule has 0 saturated heterocycles. The summed E-state index contributed by atoms with van der Waals surface area (Å²) in [6, 6.07) is 4.28. The number of hydrogen-bond donors (Lipinski definition) is 0. The first-order valence-electron chi connectivity index (χ1n) is 3.53. The average molecular weight is 136 g/mol. The van der Waals surface area contributed by atoms with Crippen LogP contribution in [0.15, 0.2) is 0 Å². The molecule has 0 radical (unpaired) electrons. The zero-order valence-corrected chi connectivity index (χ0v) is 6.46. The summed E-state index contributed by atoms with van der Waals surface area (Å²) in [4.78, 5) is 0. The predicted octanol–water partition coefficient (Wildman–Crippen LogP) is 2.09. The highest BCUT2D eigenvalue weighted by Gasteiger charge is 2.08. The van der Waals surface area contributed by atoms with Crippen LogP contribution in [-0.4, -0.2) is 0 Å². The van der Waals surface area contributed by atoms with Gasteiger partial charge in [0.05, 0.1) is 12.1 Å². The van der Waals surface area contributed by atoms with Crippen LogP contribution in [0.1, 0.15) is 26.7 Å². The summed E-state index contributed by atoms with van der Waals surface area (Å²) in [7, 11) is 0. The van der Waals surface area contributed by atoms with E-state index in [1.54, 1.807) is 0 Å². The van der Waals surface area contributed by atoms with Crippen molar-refractivity contribution in [1.29, 1.82) is 10.5 Å². The van der Waals surface area contributed by atoms with E-state index in [1.807, 2.05) is 13.8 Å². The lowest BCUT2D eigenvalue weighted by atomic mass is 9.96. The van der Waals surface area contributed by atoms with E-state index in [4.69, 9.17) is 10.5 Å². The lowest BCUT2D eigenvalue weighted by Gasteiger charge is -2.05. The Morgan fingerprint density at radius 2 is 1.90 bits per heavy atom. The molecule has 0 spiro atoms. The molecule has 0 saturated carbocycles. The van der Waals surface area contributed by atoms with Crippen molar-refractivity contribution in [2.24, 2.45) is 11.8 Å². The normalized spacial score (nSPS) is 14.8. The van der Waals surface area contributed by atoms with Gasteiger partial charge in [0.1, 0.15) is 0 Å². The molecule has 0 aromatic rings. The molecule has 2 nitrogen and oxygen atoms in total. The van der Waals surface area contributed by atoms with Gasteiger partial charge in [-0.2, -0.15) is 10.5 Å². The van der Waals surface area contributed by atoms with Crippen LogP contribution < -0.4 is 0 Å². The minimum absolute atomic E-state index is 0.0181. The fraction of sp³-hybridized carbons (Fsp3) is 0.750. The summed E-state index contributed by atoms with van der Waals surface area (Å²) in [5.74, 6) is 0.0826. The minimum Gasteiger partial charge on any atom is -0.198 e. The van der Waals surface area contributed by atoms with Gasteiger partial charge in [0, 0.05) is 11.8 Å². The van der Waals surface area contributed by atoms with E-state index >= 15 is 0 Å². The number of nitriles is 2. The Balaban J connectivity index is 3.68. The van der Waals surface area contributed by atoms with Gasteiger partial charge < -0.3 is 0 Å². The second kappa shape index (κ2) is 4.82. The van der Waals surface area contributed by atoms with Crippen molar-refractivity contribution in [3.63, 3.8) is 0 Å². The second-order valence-corrected chi connectivity index (χ2v) is 2.50. The molecule has 0 heterocycles. The Labute approximate surface area is 62.1 Å². The molecular formula is C8H12N2. The largest absolute Gasteiger partial charge is 0.198 e. The minimum atomic E-state index is 0.0181. The van der Waals surface area contributed by atoms with Crippen LogP contribution in [0.3, 0.4) is 0 Å². The van der Waals surface area contributed by atoms with Crippen LogP contribution in [-0.2, 0) is 0 Å². The summed E-state index contributed by atoms with van der Waals surface area (Å²) in [5, 5.41) is 16.9. The fourth-order valence-electron chi connectivity index (χ4n) is 0.790. The molecule has 2 heteroatoms. The summed E-state index contributed by atoms with van der Waals surface area (Å²) < 4.78 is 0. The van der Waals surface area contributed by atoms with Crippen LogP contribution in [0.25, 0.3) is 0 Å². The zero-order valence-electron chi connectivity index (χ0n) is 6.46. The molecule has 0 rings (SSSR count). The van der Waals surface area contributed by atoms with Gasteiger partial charge in [-0.1, -0.05) is 6.92 Å². The number of hydrogen-bond acceptors (Lipinski definition) is 2. The van der Waals surface area contributed by atoms with Gasteiger partial charge in [0.2, 0.25) is 0 Å². The first kappa shape index (κ1) is 8.98. The van der Waals surface area contributed by atoms with Crippen LogP contribution >= 0.6 is 0 Å². The molecule has 10 heavy (non-hydrogen) atoms. The van der Waals surface area contributed by atoms with Crippen LogP contribution in [0.4, 0.5) is 0 Å². The Hall–Kier alpha value is -1.02. The quantitative estimate of drug-likeness (QED) is 0.596. The van der Waals surface area contributed by atoms with E-state index in [9.17, 15) is 0 Å². The van der Waals surface area contributed by atoms with E-state index in [0.717, 1.165) is 6.42 Å². The van der Waals surface area contributed by atoms with Crippen LogP contribution in [0.5, 0.6) is 0 Å². The van der Waals surface area contributed by atoms with E-state index in [2.05, 4.69) is 12.1 Å². The van der Waals surface area contributed by atoms with E-state index < -0.39 is 0 Å². The molecule has 0 amide bonds. The second-order valence-electron chi connectivity index (χ2n) is 2.50. The van der Waals surface area contributed by atoms with Gasteiger partial charge in [-0.05, 0) is 19.8 Å². The number of nitrogens with zero attached hydrogens (tertiary/aromatic N) is 2. The van der Waals surface area contributed by atoms with Crippen LogP contribution in [0, 0.1) is 34.5 Å². The molecule has 0 aromatic carbocycles. The van der Waals surface area contributed by atoms with Gasteiger partial charge in [0.25, 0.3) is 0 Å². The molecule has 54 valence electrons. The fourth-order valence-corrected chi connectivity index (χ4v) is 0.790. The zero-order chi connectivity index (χ0) is 7.98.